The molecule has 2 amide bonds. The molecular formula is C17H15ClN2O2. The third-order valence-electron chi connectivity index (χ3n) is 3.78. The van der Waals surface area contributed by atoms with Gasteiger partial charge in [0.2, 0.25) is 0 Å². The van der Waals surface area contributed by atoms with Gasteiger partial charge in [0.05, 0.1) is 6.04 Å². The monoisotopic (exact) mass is 314 g/mol. The minimum absolute atomic E-state index is 0.163. The number of nitrogens with one attached hydrogen (secondary N) is 1. The minimum Gasteiger partial charge on any atom is -0.343 e. The lowest BCUT2D eigenvalue weighted by molar-refractivity contribution is 0.0923. The van der Waals surface area contributed by atoms with Gasteiger partial charge in [0.25, 0.3) is 5.91 Å². The van der Waals surface area contributed by atoms with Crippen LogP contribution in [0.4, 0.5) is 4.79 Å². The normalized spacial score (nSPS) is 16.8. The molecule has 112 valence electrons. The molecule has 0 radical (unpaired) electrons. The van der Waals surface area contributed by atoms with Crippen LogP contribution >= 0.6 is 11.6 Å². The van der Waals surface area contributed by atoms with Gasteiger partial charge in [0.1, 0.15) is 0 Å². The van der Waals surface area contributed by atoms with Crippen molar-refractivity contribution in [3.63, 3.8) is 0 Å². The third-order valence-corrected chi connectivity index (χ3v) is 4.02. The molecule has 1 aliphatic rings. The van der Waals surface area contributed by atoms with Crippen LogP contribution < -0.4 is 5.32 Å². The molecule has 5 heteroatoms. The van der Waals surface area contributed by atoms with Crippen molar-refractivity contribution in [1.29, 1.82) is 0 Å². The molecule has 22 heavy (non-hydrogen) atoms. The van der Waals surface area contributed by atoms with Gasteiger partial charge in [0, 0.05) is 18.7 Å². The van der Waals surface area contributed by atoms with E-state index in [1.807, 2.05) is 42.5 Å². The molecule has 1 unspecified atom stereocenters. The van der Waals surface area contributed by atoms with Crippen molar-refractivity contribution in [2.24, 2.45) is 0 Å². The molecule has 1 heterocycles. The highest BCUT2D eigenvalue weighted by Crippen LogP contribution is 2.27. The number of fused-ring (bicyclic) bond motifs is 1. The van der Waals surface area contributed by atoms with Crippen molar-refractivity contribution in [3.8, 4) is 0 Å². The molecule has 4 nitrogen and oxygen atoms in total. The Kier molecular flexibility index (Phi) is 4.11. The maximum Gasteiger partial charge on any atom is 0.316 e. The molecular weight excluding hydrogens is 300 g/mol. The summed E-state index contributed by atoms with van der Waals surface area (Å²) in [4.78, 5) is 25.4. The Labute approximate surface area is 133 Å². The Hall–Kier alpha value is -2.33. The second-order valence-electron chi connectivity index (χ2n) is 5.22. The number of rotatable bonds is 2. The fourth-order valence-electron chi connectivity index (χ4n) is 2.70. The molecule has 0 aliphatic carbocycles. The molecule has 1 atom stereocenters. The molecule has 0 fully saturated rings. The van der Waals surface area contributed by atoms with Crippen molar-refractivity contribution in [2.75, 3.05) is 6.54 Å². The molecule has 3 rings (SSSR count). The molecule has 1 N–H and O–H groups in total. The number of hydrogen-bond donors (Lipinski definition) is 1. The van der Waals surface area contributed by atoms with Gasteiger partial charge >= 0.3 is 5.37 Å². The van der Waals surface area contributed by atoms with E-state index < -0.39 is 5.37 Å². The Balaban J connectivity index is 1.86. The summed E-state index contributed by atoms with van der Waals surface area (Å²) in [6, 6.07) is 16.5. The number of halogens is 1. The van der Waals surface area contributed by atoms with Gasteiger partial charge in [-0.1, -0.05) is 42.5 Å². The average molecular weight is 315 g/mol. The van der Waals surface area contributed by atoms with E-state index in [1.165, 1.54) is 4.90 Å². The number of carbonyl (C=O) groups excluding carboxylic acids is 2. The zero-order valence-corrected chi connectivity index (χ0v) is 12.6. The standard InChI is InChI=1S/C17H15ClN2O2/c18-17(22)20-10-13-8-4-5-9-14(13)15(11-20)19-16(21)12-6-2-1-3-7-12/h1-9,15H,10-11H2,(H,19,21). The van der Waals surface area contributed by atoms with Gasteiger partial charge in [-0.05, 0) is 34.9 Å². The summed E-state index contributed by atoms with van der Waals surface area (Å²) in [5.41, 5.74) is 2.62. The van der Waals surface area contributed by atoms with Crippen LogP contribution in [0, 0.1) is 0 Å². The maximum atomic E-state index is 12.4. The van der Waals surface area contributed by atoms with Crippen LogP contribution in [-0.2, 0) is 6.54 Å². The summed E-state index contributed by atoms with van der Waals surface area (Å²) in [5, 5.41) is 2.48. The Morgan fingerprint density at radius 1 is 1.05 bits per heavy atom. The molecule has 0 aromatic heterocycles. The number of benzene rings is 2. The largest absolute Gasteiger partial charge is 0.343 e. The molecule has 2 aromatic carbocycles. The van der Waals surface area contributed by atoms with Crippen molar-refractivity contribution < 1.29 is 9.59 Å². The number of carbonyl (C=O) groups is 2. The molecule has 0 saturated heterocycles. The topological polar surface area (TPSA) is 49.4 Å². The van der Waals surface area contributed by atoms with Crippen molar-refractivity contribution in [2.45, 2.75) is 12.6 Å². The highest BCUT2D eigenvalue weighted by Gasteiger charge is 2.28. The quantitative estimate of drug-likeness (QED) is 0.683. The van der Waals surface area contributed by atoms with E-state index in [2.05, 4.69) is 5.32 Å². The van der Waals surface area contributed by atoms with E-state index in [0.717, 1.165) is 11.1 Å². The van der Waals surface area contributed by atoms with Crippen LogP contribution in [-0.4, -0.2) is 22.7 Å². The van der Waals surface area contributed by atoms with Gasteiger partial charge in [-0.15, -0.1) is 0 Å². The number of hydrogen-bond acceptors (Lipinski definition) is 2. The first-order valence-corrected chi connectivity index (χ1v) is 7.41. The first kappa shape index (κ1) is 14.6. The predicted octanol–water partition coefficient (Wildman–Crippen LogP) is 3.33. The second kappa shape index (κ2) is 6.20. The minimum atomic E-state index is -0.506. The Morgan fingerprint density at radius 2 is 1.73 bits per heavy atom. The van der Waals surface area contributed by atoms with Gasteiger partial charge in [-0.25, -0.2) is 0 Å². The van der Waals surface area contributed by atoms with Crippen LogP contribution in [0.2, 0.25) is 0 Å². The van der Waals surface area contributed by atoms with Crippen molar-refractivity contribution >= 4 is 22.9 Å². The van der Waals surface area contributed by atoms with E-state index in [4.69, 9.17) is 11.6 Å². The van der Waals surface area contributed by atoms with Crippen LogP contribution in [0.5, 0.6) is 0 Å². The van der Waals surface area contributed by atoms with Crippen LogP contribution in [0.25, 0.3) is 0 Å². The first-order chi connectivity index (χ1) is 10.6. The Morgan fingerprint density at radius 3 is 2.45 bits per heavy atom. The zero-order chi connectivity index (χ0) is 15.5. The summed E-state index contributed by atoms with van der Waals surface area (Å²) < 4.78 is 0. The molecule has 1 aliphatic heterocycles. The average Bonchev–Trinajstić information content (AvgIpc) is 2.55. The van der Waals surface area contributed by atoms with Crippen molar-refractivity contribution in [1.82, 2.24) is 10.2 Å². The van der Waals surface area contributed by atoms with Crippen LogP contribution in [0.3, 0.4) is 0 Å². The zero-order valence-electron chi connectivity index (χ0n) is 11.8. The van der Waals surface area contributed by atoms with Gasteiger partial charge in [-0.2, -0.15) is 0 Å². The summed E-state index contributed by atoms with van der Waals surface area (Å²) >= 11 is 5.62. The fraction of sp³-hybridized carbons (Fsp3) is 0.176. The number of nitrogens with zero attached hydrogens (tertiary/aromatic N) is 1. The summed E-state index contributed by atoms with van der Waals surface area (Å²) in [6.07, 6.45) is 0. The third kappa shape index (κ3) is 2.97. The predicted molar refractivity (Wildman–Crippen MR) is 84.8 cm³/mol. The highest BCUT2D eigenvalue weighted by molar-refractivity contribution is 6.62. The van der Waals surface area contributed by atoms with Crippen LogP contribution in [0.1, 0.15) is 27.5 Å². The van der Waals surface area contributed by atoms with E-state index in [-0.39, 0.29) is 11.9 Å². The maximum absolute atomic E-state index is 12.4. The molecule has 0 bridgehead atoms. The summed E-state index contributed by atoms with van der Waals surface area (Å²) in [5.74, 6) is -0.163. The van der Waals surface area contributed by atoms with Gasteiger partial charge < -0.3 is 10.2 Å². The highest BCUT2D eigenvalue weighted by atomic mass is 35.5. The SMILES string of the molecule is O=C(NC1CN(C(=O)Cl)Cc2ccccc21)c1ccccc1. The smallest absolute Gasteiger partial charge is 0.316 e. The van der Waals surface area contributed by atoms with E-state index in [0.29, 0.717) is 18.7 Å². The fourth-order valence-corrected chi connectivity index (χ4v) is 2.82. The first-order valence-electron chi connectivity index (χ1n) is 7.03. The molecule has 0 saturated carbocycles. The lowest BCUT2D eigenvalue weighted by Crippen LogP contribution is -2.42. The van der Waals surface area contributed by atoms with Crippen LogP contribution in [0.15, 0.2) is 54.6 Å². The van der Waals surface area contributed by atoms with E-state index in [1.54, 1.807) is 12.1 Å². The van der Waals surface area contributed by atoms with Gasteiger partial charge in [0.15, 0.2) is 0 Å². The number of amides is 2. The summed E-state index contributed by atoms with van der Waals surface area (Å²) in [7, 11) is 0. The lowest BCUT2D eigenvalue weighted by atomic mass is 9.95. The summed E-state index contributed by atoms with van der Waals surface area (Å²) in [6.45, 7) is 0.841. The molecule has 0 spiro atoms. The molecule has 2 aromatic rings. The van der Waals surface area contributed by atoms with E-state index in [9.17, 15) is 9.59 Å². The lowest BCUT2D eigenvalue weighted by Gasteiger charge is -2.33. The second-order valence-corrected chi connectivity index (χ2v) is 5.55. The Bertz CT molecular complexity index is 703. The van der Waals surface area contributed by atoms with Crippen molar-refractivity contribution in [3.05, 3.63) is 71.3 Å². The van der Waals surface area contributed by atoms with E-state index >= 15 is 0 Å². The van der Waals surface area contributed by atoms with Gasteiger partial charge in [-0.3, -0.25) is 9.59 Å².